The molecule has 146 valence electrons. The summed E-state index contributed by atoms with van der Waals surface area (Å²) in [4.78, 5) is 21.1. The third-order valence-electron chi connectivity index (χ3n) is 4.08. The normalized spacial score (nSPS) is 10.7. The molecule has 0 spiro atoms. The lowest BCUT2D eigenvalue weighted by atomic mass is 10.1. The van der Waals surface area contributed by atoms with E-state index in [9.17, 15) is 10.1 Å². The molecule has 2 rings (SSSR count). The van der Waals surface area contributed by atoms with Crippen LogP contribution in [0.25, 0.3) is 0 Å². The molecule has 1 aromatic heterocycles. The Morgan fingerprint density at radius 1 is 1.07 bits per heavy atom. The molecule has 0 N–H and O–H groups in total. The van der Waals surface area contributed by atoms with Crippen LogP contribution in [0.3, 0.4) is 0 Å². The van der Waals surface area contributed by atoms with Crippen molar-refractivity contribution in [2.75, 3.05) is 45.4 Å². The summed E-state index contributed by atoms with van der Waals surface area (Å²) in [5, 5.41) is 11.8. The van der Waals surface area contributed by atoms with Gasteiger partial charge in [0.05, 0.1) is 18.1 Å². The van der Waals surface area contributed by atoms with Crippen LogP contribution in [0, 0.1) is 24.0 Å². The molecule has 27 heavy (non-hydrogen) atoms. The zero-order valence-electron chi connectivity index (χ0n) is 16.0. The maximum Gasteiger partial charge on any atom is 0.373 e. The third kappa shape index (κ3) is 5.35. The van der Waals surface area contributed by atoms with Gasteiger partial charge in [0, 0.05) is 27.3 Å². The number of methoxy groups -OCH3 is 2. The Labute approximate surface area is 158 Å². The first-order valence-electron chi connectivity index (χ1n) is 8.45. The SMILES string of the molecule is COCCN(CCOC)c1ncnc(Oc2ccc(C)c(C)c2)c1[N+](=O)[O-]. The van der Waals surface area contributed by atoms with Gasteiger partial charge < -0.3 is 19.1 Å². The third-order valence-corrected chi connectivity index (χ3v) is 4.08. The van der Waals surface area contributed by atoms with Gasteiger partial charge in [-0.05, 0) is 37.1 Å². The van der Waals surface area contributed by atoms with Gasteiger partial charge in [-0.25, -0.2) is 4.98 Å². The van der Waals surface area contributed by atoms with E-state index in [1.54, 1.807) is 25.2 Å². The number of aryl methyl sites for hydroxylation is 2. The number of hydrogen-bond donors (Lipinski definition) is 0. The van der Waals surface area contributed by atoms with Gasteiger partial charge >= 0.3 is 11.6 Å². The summed E-state index contributed by atoms with van der Waals surface area (Å²) < 4.78 is 15.9. The summed E-state index contributed by atoms with van der Waals surface area (Å²) in [5.74, 6) is 0.544. The molecule has 0 atom stereocenters. The predicted molar refractivity (Wildman–Crippen MR) is 101 cm³/mol. The topological polar surface area (TPSA) is 99.9 Å². The second kappa shape index (κ2) is 9.79. The van der Waals surface area contributed by atoms with E-state index < -0.39 is 4.92 Å². The van der Waals surface area contributed by atoms with Crippen LogP contribution in [0.2, 0.25) is 0 Å². The largest absolute Gasteiger partial charge is 0.434 e. The molecule has 2 aromatic rings. The van der Waals surface area contributed by atoms with Crippen molar-refractivity contribution in [2.24, 2.45) is 0 Å². The van der Waals surface area contributed by atoms with Crippen LogP contribution in [0.4, 0.5) is 11.5 Å². The van der Waals surface area contributed by atoms with Crippen molar-refractivity contribution in [3.63, 3.8) is 0 Å². The number of nitro groups is 1. The lowest BCUT2D eigenvalue weighted by molar-refractivity contribution is -0.385. The molecule has 0 amide bonds. The van der Waals surface area contributed by atoms with E-state index in [0.29, 0.717) is 32.1 Å². The van der Waals surface area contributed by atoms with Crippen LogP contribution in [0.1, 0.15) is 11.1 Å². The van der Waals surface area contributed by atoms with Crippen molar-refractivity contribution in [1.82, 2.24) is 9.97 Å². The minimum Gasteiger partial charge on any atom is -0.434 e. The van der Waals surface area contributed by atoms with Crippen molar-refractivity contribution in [3.05, 3.63) is 45.8 Å². The van der Waals surface area contributed by atoms with Gasteiger partial charge in [0.2, 0.25) is 5.82 Å². The Morgan fingerprint density at radius 3 is 2.30 bits per heavy atom. The van der Waals surface area contributed by atoms with E-state index in [1.165, 1.54) is 6.33 Å². The minimum absolute atomic E-state index is 0.104. The Hall–Kier alpha value is -2.78. The molecule has 0 fully saturated rings. The highest BCUT2D eigenvalue weighted by molar-refractivity contribution is 5.63. The molecule has 1 heterocycles. The van der Waals surface area contributed by atoms with E-state index >= 15 is 0 Å². The Bertz CT molecular complexity index is 776. The van der Waals surface area contributed by atoms with E-state index in [-0.39, 0.29) is 17.4 Å². The number of ether oxygens (including phenoxy) is 3. The molecule has 0 bridgehead atoms. The van der Waals surface area contributed by atoms with Gasteiger partial charge in [-0.1, -0.05) is 6.07 Å². The molecule has 0 unspecified atom stereocenters. The maximum absolute atomic E-state index is 11.8. The lowest BCUT2D eigenvalue weighted by Crippen LogP contribution is -2.32. The molecule has 0 aliphatic heterocycles. The smallest absolute Gasteiger partial charge is 0.373 e. The van der Waals surface area contributed by atoms with Gasteiger partial charge in [0.1, 0.15) is 12.1 Å². The minimum atomic E-state index is -0.529. The molecule has 1 aromatic carbocycles. The van der Waals surface area contributed by atoms with Crippen LogP contribution in [-0.2, 0) is 9.47 Å². The van der Waals surface area contributed by atoms with E-state index in [1.807, 2.05) is 26.0 Å². The number of aromatic nitrogens is 2. The highest BCUT2D eigenvalue weighted by Crippen LogP contribution is 2.36. The monoisotopic (exact) mass is 376 g/mol. The zero-order chi connectivity index (χ0) is 19.8. The first kappa shape index (κ1) is 20.5. The van der Waals surface area contributed by atoms with Crippen molar-refractivity contribution >= 4 is 11.5 Å². The average molecular weight is 376 g/mol. The summed E-state index contributed by atoms with van der Waals surface area (Å²) in [6.07, 6.45) is 1.26. The van der Waals surface area contributed by atoms with Crippen LogP contribution < -0.4 is 9.64 Å². The zero-order valence-corrected chi connectivity index (χ0v) is 16.0. The number of anilines is 1. The summed E-state index contributed by atoms with van der Waals surface area (Å²) in [5.41, 5.74) is 1.83. The highest BCUT2D eigenvalue weighted by Gasteiger charge is 2.28. The summed E-state index contributed by atoms with van der Waals surface area (Å²) in [6, 6.07) is 5.46. The first-order chi connectivity index (χ1) is 13.0. The van der Waals surface area contributed by atoms with Crippen molar-refractivity contribution < 1.29 is 19.1 Å². The molecule has 0 aliphatic carbocycles. The Balaban J connectivity index is 2.41. The Morgan fingerprint density at radius 2 is 1.74 bits per heavy atom. The highest BCUT2D eigenvalue weighted by atomic mass is 16.6. The molecule has 0 saturated heterocycles. The average Bonchev–Trinajstić information content (AvgIpc) is 2.64. The molecular weight excluding hydrogens is 352 g/mol. The number of benzene rings is 1. The van der Waals surface area contributed by atoms with Gasteiger partial charge in [-0.15, -0.1) is 0 Å². The number of rotatable bonds is 10. The fourth-order valence-electron chi connectivity index (χ4n) is 2.44. The van der Waals surface area contributed by atoms with Crippen LogP contribution in [-0.4, -0.2) is 55.4 Å². The van der Waals surface area contributed by atoms with E-state index in [0.717, 1.165) is 11.1 Å². The van der Waals surface area contributed by atoms with Gasteiger partial charge in [-0.3, -0.25) is 10.1 Å². The second-order valence-corrected chi connectivity index (χ2v) is 5.93. The predicted octanol–water partition coefficient (Wildman–Crippen LogP) is 2.89. The summed E-state index contributed by atoms with van der Waals surface area (Å²) in [6.45, 7) is 5.53. The molecule has 9 heteroatoms. The fraction of sp³-hybridized carbons (Fsp3) is 0.444. The van der Waals surface area contributed by atoms with Crippen LogP contribution in [0.5, 0.6) is 11.6 Å². The van der Waals surface area contributed by atoms with Crippen molar-refractivity contribution in [3.8, 4) is 11.6 Å². The van der Waals surface area contributed by atoms with Gasteiger partial charge in [0.25, 0.3) is 0 Å². The maximum atomic E-state index is 11.8. The van der Waals surface area contributed by atoms with Crippen molar-refractivity contribution in [2.45, 2.75) is 13.8 Å². The first-order valence-corrected chi connectivity index (χ1v) is 8.45. The molecule has 0 radical (unpaired) electrons. The van der Waals surface area contributed by atoms with Gasteiger partial charge in [0.15, 0.2) is 0 Å². The molecule has 9 nitrogen and oxygen atoms in total. The van der Waals surface area contributed by atoms with Crippen LogP contribution >= 0.6 is 0 Å². The quantitative estimate of drug-likeness (QED) is 0.461. The van der Waals surface area contributed by atoms with Gasteiger partial charge in [-0.2, -0.15) is 4.98 Å². The van der Waals surface area contributed by atoms with Crippen LogP contribution in [0.15, 0.2) is 24.5 Å². The lowest BCUT2D eigenvalue weighted by Gasteiger charge is -2.22. The van der Waals surface area contributed by atoms with E-state index in [4.69, 9.17) is 14.2 Å². The summed E-state index contributed by atoms with van der Waals surface area (Å²) >= 11 is 0. The fourth-order valence-corrected chi connectivity index (χ4v) is 2.44. The van der Waals surface area contributed by atoms with E-state index in [2.05, 4.69) is 9.97 Å². The molecule has 0 saturated carbocycles. The van der Waals surface area contributed by atoms with Crippen molar-refractivity contribution in [1.29, 1.82) is 0 Å². The standard InChI is InChI=1S/C18H24N4O5/c1-13-5-6-15(11-14(13)2)27-18-16(22(23)24)17(19-12-20-18)21(7-9-25-3)8-10-26-4/h5-6,11-12H,7-10H2,1-4H3. The second-order valence-electron chi connectivity index (χ2n) is 5.93. The molecule has 0 aliphatic rings. The number of hydrogen-bond acceptors (Lipinski definition) is 8. The molecular formula is C18H24N4O5. The number of nitrogens with zero attached hydrogens (tertiary/aromatic N) is 4. The summed E-state index contributed by atoms with van der Waals surface area (Å²) in [7, 11) is 3.13. The Kier molecular flexibility index (Phi) is 7.44.